The molecule has 168 valence electrons. The Morgan fingerprint density at radius 3 is 2.50 bits per heavy atom. The molecule has 0 aliphatic heterocycles. The Hall–Kier alpha value is -3.50. The standard InChI is InChI=1S/C21H20ClN3O6S/c1-28-12-4-5-16(29-2)13(8-12)15-10-32-21(24-15)25-20(27)11-6-14(22)19(17(7-11)30-3)31-9-18(23)26/h4-8,10H,9H2,1-3H3,(H2,23,26)(H,24,25,27). The largest absolute Gasteiger partial charge is 0.497 e. The van der Waals surface area contributed by atoms with Crippen LogP contribution >= 0.6 is 22.9 Å². The molecular formula is C21H20ClN3O6S. The molecule has 2 aromatic carbocycles. The molecule has 0 atom stereocenters. The average molecular weight is 478 g/mol. The van der Waals surface area contributed by atoms with Gasteiger partial charge in [-0.1, -0.05) is 11.6 Å². The molecule has 0 aliphatic rings. The summed E-state index contributed by atoms with van der Waals surface area (Å²) in [5.41, 5.74) is 6.65. The lowest BCUT2D eigenvalue weighted by Gasteiger charge is -2.13. The molecule has 1 aromatic heterocycles. The predicted molar refractivity (Wildman–Crippen MR) is 121 cm³/mol. The molecule has 0 bridgehead atoms. The van der Waals surface area contributed by atoms with E-state index in [4.69, 9.17) is 36.3 Å². The van der Waals surface area contributed by atoms with Crippen molar-refractivity contribution in [3.05, 3.63) is 46.3 Å². The maximum Gasteiger partial charge on any atom is 0.257 e. The minimum Gasteiger partial charge on any atom is -0.497 e. The van der Waals surface area contributed by atoms with E-state index < -0.39 is 11.8 Å². The van der Waals surface area contributed by atoms with E-state index in [1.807, 2.05) is 0 Å². The van der Waals surface area contributed by atoms with Gasteiger partial charge in [0.05, 0.1) is 32.0 Å². The first-order chi connectivity index (χ1) is 15.4. The van der Waals surface area contributed by atoms with Gasteiger partial charge < -0.3 is 24.7 Å². The molecule has 2 amide bonds. The molecule has 3 N–H and O–H groups in total. The van der Waals surface area contributed by atoms with Gasteiger partial charge in [0.2, 0.25) is 0 Å². The molecule has 9 nitrogen and oxygen atoms in total. The third-order valence-electron chi connectivity index (χ3n) is 4.26. The van der Waals surface area contributed by atoms with Crippen LogP contribution in [0, 0.1) is 0 Å². The van der Waals surface area contributed by atoms with Crippen LogP contribution in [0.1, 0.15) is 10.4 Å². The second-order valence-corrected chi connectivity index (χ2v) is 7.57. The van der Waals surface area contributed by atoms with E-state index in [9.17, 15) is 9.59 Å². The van der Waals surface area contributed by atoms with Crippen molar-refractivity contribution in [2.24, 2.45) is 5.73 Å². The van der Waals surface area contributed by atoms with Crippen LogP contribution in [-0.2, 0) is 4.79 Å². The van der Waals surface area contributed by atoms with Gasteiger partial charge in [-0.2, -0.15) is 0 Å². The van der Waals surface area contributed by atoms with Crippen molar-refractivity contribution < 1.29 is 28.5 Å². The Labute approximate surface area is 193 Å². The smallest absolute Gasteiger partial charge is 0.257 e. The normalized spacial score (nSPS) is 10.4. The number of methoxy groups -OCH3 is 3. The zero-order valence-electron chi connectivity index (χ0n) is 17.4. The maximum atomic E-state index is 12.8. The van der Waals surface area contributed by atoms with Gasteiger partial charge in [0.1, 0.15) is 11.5 Å². The number of carbonyl (C=O) groups excluding carboxylic acids is 2. The van der Waals surface area contributed by atoms with Crippen molar-refractivity contribution in [3.63, 3.8) is 0 Å². The number of primary amides is 1. The number of rotatable bonds is 9. The highest BCUT2D eigenvalue weighted by molar-refractivity contribution is 7.14. The molecule has 1 heterocycles. The van der Waals surface area contributed by atoms with Crippen molar-refractivity contribution in [1.82, 2.24) is 4.98 Å². The molecule has 0 radical (unpaired) electrons. The van der Waals surface area contributed by atoms with E-state index in [2.05, 4.69) is 10.3 Å². The molecule has 0 fully saturated rings. The van der Waals surface area contributed by atoms with Crippen molar-refractivity contribution in [2.75, 3.05) is 33.3 Å². The number of halogens is 1. The predicted octanol–water partition coefficient (Wildman–Crippen LogP) is 3.61. The molecular weight excluding hydrogens is 458 g/mol. The number of amides is 2. The first-order valence-electron chi connectivity index (χ1n) is 9.14. The van der Waals surface area contributed by atoms with Crippen LogP contribution in [0.5, 0.6) is 23.0 Å². The van der Waals surface area contributed by atoms with Gasteiger partial charge >= 0.3 is 0 Å². The number of aromatic nitrogens is 1. The minimum absolute atomic E-state index is 0.0942. The zero-order valence-corrected chi connectivity index (χ0v) is 19.0. The molecule has 3 rings (SSSR count). The summed E-state index contributed by atoms with van der Waals surface area (Å²) in [6.07, 6.45) is 0. The summed E-state index contributed by atoms with van der Waals surface area (Å²) in [5, 5.41) is 4.99. The molecule has 0 aliphatic carbocycles. The van der Waals surface area contributed by atoms with Crippen LogP contribution in [0.4, 0.5) is 5.13 Å². The fourth-order valence-electron chi connectivity index (χ4n) is 2.77. The highest BCUT2D eigenvalue weighted by Crippen LogP contribution is 2.37. The first-order valence-corrected chi connectivity index (χ1v) is 10.4. The van der Waals surface area contributed by atoms with Crippen LogP contribution in [-0.4, -0.2) is 44.7 Å². The Bertz CT molecular complexity index is 1150. The quantitative estimate of drug-likeness (QED) is 0.482. The van der Waals surface area contributed by atoms with Crippen LogP contribution in [0.3, 0.4) is 0 Å². The SMILES string of the molecule is COc1ccc(OC)c(-c2csc(NC(=O)c3cc(Cl)c(OCC(N)=O)c(OC)c3)n2)c1. The molecule has 0 saturated heterocycles. The summed E-state index contributed by atoms with van der Waals surface area (Å²) in [7, 11) is 4.52. The third-order valence-corrected chi connectivity index (χ3v) is 5.30. The van der Waals surface area contributed by atoms with E-state index in [-0.39, 0.29) is 28.7 Å². The second kappa shape index (κ2) is 10.2. The molecule has 0 spiro atoms. The Morgan fingerprint density at radius 2 is 1.84 bits per heavy atom. The number of nitrogens with two attached hydrogens (primary N) is 1. The van der Waals surface area contributed by atoms with Gasteiger partial charge in [-0.05, 0) is 30.3 Å². The average Bonchev–Trinajstić information content (AvgIpc) is 3.25. The van der Waals surface area contributed by atoms with E-state index in [1.54, 1.807) is 37.8 Å². The number of thiazole rings is 1. The van der Waals surface area contributed by atoms with E-state index in [0.717, 1.165) is 5.56 Å². The van der Waals surface area contributed by atoms with Crippen LogP contribution in [0.15, 0.2) is 35.7 Å². The van der Waals surface area contributed by atoms with Gasteiger partial charge in [0, 0.05) is 16.5 Å². The van der Waals surface area contributed by atoms with Crippen molar-refractivity contribution in [2.45, 2.75) is 0 Å². The van der Waals surface area contributed by atoms with Crippen LogP contribution < -0.4 is 30.0 Å². The molecule has 0 saturated carbocycles. The van der Waals surface area contributed by atoms with Crippen molar-refractivity contribution in [3.8, 4) is 34.3 Å². The monoisotopic (exact) mass is 477 g/mol. The van der Waals surface area contributed by atoms with Crippen LogP contribution in [0.2, 0.25) is 5.02 Å². The topological polar surface area (TPSA) is 122 Å². The first kappa shape index (κ1) is 23.2. The molecule has 3 aromatic rings. The molecule has 0 unspecified atom stereocenters. The number of hydrogen-bond acceptors (Lipinski definition) is 8. The highest BCUT2D eigenvalue weighted by Gasteiger charge is 2.18. The number of nitrogens with zero attached hydrogens (tertiary/aromatic N) is 1. The fraction of sp³-hybridized carbons (Fsp3) is 0.190. The molecule has 32 heavy (non-hydrogen) atoms. The van der Waals surface area contributed by atoms with Crippen molar-refractivity contribution in [1.29, 1.82) is 0 Å². The maximum absolute atomic E-state index is 12.8. The van der Waals surface area contributed by atoms with Gasteiger partial charge in [-0.3, -0.25) is 14.9 Å². The van der Waals surface area contributed by atoms with Gasteiger partial charge in [-0.15, -0.1) is 11.3 Å². The lowest BCUT2D eigenvalue weighted by molar-refractivity contribution is -0.119. The van der Waals surface area contributed by atoms with Gasteiger partial charge in [0.25, 0.3) is 11.8 Å². The van der Waals surface area contributed by atoms with Crippen LogP contribution in [0.25, 0.3) is 11.3 Å². The van der Waals surface area contributed by atoms with Gasteiger partial charge in [-0.25, -0.2) is 4.98 Å². The van der Waals surface area contributed by atoms with Crippen molar-refractivity contribution >= 4 is 39.9 Å². The summed E-state index contributed by atoms with van der Waals surface area (Å²) in [6, 6.07) is 8.20. The lowest BCUT2D eigenvalue weighted by atomic mass is 10.1. The van der Waals surface area contributed by atoms with Gasteiger partial charge in [0.15, 0.2) is 23.2 Å². The Balaban J connectivity index is 1.82. The number of ether oxygens (including phenoxy) is 4. The second-order valence-electron chi connectivity index (χ2n) is 6.30. The minimum atomic E-state index is -0.669. The Morgan fingerprint density at radius 1 is 1.09 bits per heavy atom. The third kappa shape index (κ3) is 5.21. The summed E-state index contributed by atoms with van der Waals surface area (Å²) in [5.74, 6) is 0.454. The summed E-state index contributed by atoms with van der Waals surface area (Å²) in [6.45, 7) is -0.378. The number of benzene rings is 2. The van der Waals surface area contributed by atoms with E-state index >= 15 is 0 Å². The fourth-order valence-corrected chi connectivity index (χ4v) is 3.74. The van der Waals surface area contributed by atoms with E-state index in [0.29, 0.717) is 22.3 Å². The number of nitrogens with one attached hydrogen (secondary N) is 1. The zero-order chi connectivity index (χ0) is 23.3. The summed E-state index contributed by atoms with van der Waals surface area (Å²) in [4.78, 5) is 28.2. The summed E-state index contributed by atoms with van der Waals surface area (Å²) >= 11 is 7.46. The number of carbonyl (C=O) groups is 2. The van der Waals surface area contributed by atoms with E-state index in [1.165, 1.54) is 30.6 Å². The molecule has 11 heteroatoms. The lowest BCUT2D eigenvalue weighted by Crippen LogP contribution is -2.20. The summed E-state index contributed by atoms with van der Waals surface area (Å²) < 4.78 is 21.2. The number of anilines is 1. The Kier molecular flexibility index (Phi) is 7.39. The number of hydrogen-bond donors (Lipinski definition) is 2. The highest BCUT2D eigenvalue weighted by atomic mass is 35.5.